The van der Waals surface area contributed by atoms with Gasteiger partial charge in [-0.25, -0.2) is 18.3 Å². The number of ether oxygens (including phenoxy) is 1. The molecule has 0 aliphatic carbocycles. The van der Waals surface area contributed by atoms with Crippen LogP contribution in [0, 0.1) is 0 Å². The Morgan fingerprint density at radius 1 is 1.14 bits per heavy atom. The van der Waals surface area contributed by atoms with E-state index in [0.29, 0.717) is 15.8 Å². The number of amides is 4. The van der Waals surface area contributed by atoms with E-state index in [1.807, 2.05) is 0 Å². The van der Waals surface area contributed by atoms with Crippen LogP contribution in [0.1, 0.15) is 26.7 Å². The Morgan fingerprint density at radius 2 is 1.78 bits per heavy atom. The lowest BCUT2D eigenvalue weighted by atomic mass is 10.0. The first-order valence-electron chi connectivity index (χ1n) is 11.2. The van der Waals surface area contributed by atoms with Gasteiger partial charge in [0.2, 0.25) is 6.41 Å². The van der Waals surface area contributed by atoms with E-state index in [9.17, 15) is 28.0 Å². The van der Waals surface area contributed by atoms with Crippen LogP contribution < -0.4 is 4.74 Å². The molecule has 0 spiro atoms. The average Bonchev–Trinajstić information content (AvgIpc) is 2.99. The Hall–Kier alpha value is -3.15. The molecule has 36 heavy (non-hydrogen) atoms. The highest BCUT2D eigenvalue weighted by molar-refractivity contribution is 7.91. The maximum Gasteiger partial charge on any atom is 0.327 e. The van der Waals surface area contributed by atoms with Crippen LogP contribution in [0.5, 0.6) is 11.5 Å². The fraction of sp³-hybridized carbons (Fsp3) is 0.375. The van der Waals surface area contributed by atoms with Crippen LogP contribution in [-0.2, 0) is 19.4 Å². The van der Waals surface area contributed by atoms with Crippen molar-refractivity contribution in [1.82, 2.24) is 14.9 Å². The number of imide groups is 1. The molecule has 1 aliphatic heterocycles. The summed E-state index contributed by atoms with van der Waals surface area (Å²) >= 11 is 5.89. The van der Waals surface area contributed by atoms with Gasteiger partial charge in [-0.05, 0) is 63.1 Å². The molecule has 1 unspecified atom stereocenters. The van der Waals surface area contributed by atoms with Gasteiger partial charge in [-0.1, -0.05) is 23.7 Å². The molecule has 2 aromatic carbocycles. The molecule has 1 aliphatic rings. The maximum absolute atomic E-state index is 13.3. The molecular weight excluding hydrogens is 510 g/mol. The predicted octanol–water partition coefficient (Wildman–Crippen LogP) is 3.58. The summed E-state index contributed by atoms with van der Waals surface area (Å²) in [4.78, 5) is 38.6. The Bertz CT molecular complexity index is 1230. The van der Waals surface area contributed by atoms with E-state index < -0.39 is 33.2 Å². The first-order chi connectivity index (χ1) is 16.9. The van der Waals surface area contributed by atoms with Crippen LogP contribution in [0.15, 0.2) is 53.4 Å². The molecule has 0 radical (unpaired) electrons. The SMILES string of the molecule is CN1C(=O)N(CCCC(CS(=O)(=O)c2ccccc2Oc2ccc(Cl)cc2)N(O)C=O)C(=O)C1(C)C. The van der Waals surface area contributed by atoms with Crippen molar-refractivity contribution in [3.63, 3.8) is 0 Å². The fourth-order valence-corrected chi connectivity index (χ4v) is 5.64. The average molecular weight is 538 g/mol. The Morgan fingerprint density at radius 3 is 2.36 bits per heavy atom. The summed E-state index contributed by atoms with van der Waals surface area (Å²) in [5.74, 6) is -0.518. The molecule has 10 nitrogen and oxygen atoms in total. The largest absolute Gasteiger partial charge is 0.456 e. The standard InChI is InChI=1S/C24H28ClN3O7S/c1-24(2)22(30)27(23(31)26(24)3)14-6-7-18(28(32)16-29)15-36(33,34)21-9-5-4-8-20(21)35-19-12-10-17(25)11-13-19/h4-5,8-13,16,18,32H,6-7,14-15H2,1-3H3. The monoisotopic (exact) mass is 537 g/mol. The van der Waals surface area contributed by atoms with Crippen LogP contribution >= 0.6 is 11.6 Å². The zero-order chi connectivity index (χ0) is 26.7. The van der Waals surface area contributed by atoms with Gasteiger partial charge in [0, 0.05) is 18.6 Å². The smallest absolute Gasteiger partial charge is 0.327 e. The van der Waals surface area contributed by atoms with Gasteiger partial charge < -0.3 is 9.64 Å². The van der Waals surface area contributed by atoms with Crippen molar-refractivity contribution in [2.24, 2.45) is 0 Å². The molecule has 0 bridgehead atoms. The van der Waals surface area contributed by atoms with Crippen LogP contribution in [0.25, 0.3) is 0 Å². The van der Waals surface area contributed by atoms with Crippen molar-refractivity contribution in [3.8, 4) is 11.5 Å². The topological polar surface area (TPSA) is 125 Å². The van der Waals surface area contributed by atoms with Gasteiger partial charge in [-0.2, -0.15) is 0 Å². The maximum atomic E-state index is 13.3. The van der Waals surface area contributed by atoms with Gasteiger partial charge in [0.25, 0.3) is 5.91 Å². The highest BCUT2D eigenvalue weighted by Gasteiger charge is 2.48. The fourth-order valence-electron chi connectivity index (χ4n) is 3.81. The quantitative estimate of drug-likeness (QED) is 0.201. The van der Waals surface area contributed by atoms with E-state index in [1.54, 1.807) is 44.2 Å². The molecule has 1 N–H and O–H groups in total. The second-order valence-electron chi connectivity index (χ2n) is 8.92. The second kappa shape index (κ2) is 10.9. The molecule has 3 rings (SSSR count). The molecule has 2 aromatic rings. The number of benzene rings is 2. The van der Waals surface area contributed by atoms with Crippen LogP contribution in [0.4, 0.5) is 4.79 Å². The van der Waals surface area contributed by atoms with Crippen LogP contribution in [-0.4, -0.2) is 77.8 Å². The minimum absolute atomic E-state index is 0.0188. The summed E-state index contributed by atoms with van der Waals surface area (Å²) in [7, 11) is -2.51. The van der Waals surface area contributed by atoms with Crippen molar-refractivity contribution >= 4 is 39.8 Å². The van der Waals surface area contributed by atoms with Gasteiger partial charge in [-0.3, -0.25) is 19.7 Å². The lowest BCUT2D eigenvalue weighted by molar-refractivity contribution is -0.158. The Labute approximate surface area is 214 Å². The van der Waals surface area contributed by atoms with Crippen molar-refractivity contribution in [3.05, 3.63) is 53.6 Å². The molecule has 1 heterocycles. The van der Waals surface area contributed by atoms with E-state index in [1.165, 1.54) is 30.1 Å². The van der Waals surface area contributed by atoms with Gasteiger partial charge in [-0.15, -0.1) is 0 Å². The number of urea groups is 1. The second-order valence-corrected chi connectivity index (χ2v) is 11.4. The number of hydroxylamine groups is 2. The Balaban J connectivity index is 1.74. The third-order valence-corrected chi connectivity index (χ3v) is 8.25. The summed E-state index contributed by atoms with van der Waals surface area (Å²) in [5.41, 5.74) is -0.987. The summed E-state index contributed by atoms with van der Waals surface area (Å²) in [6.07, 6.45) is 0.324. The van der Waals surface area contributed by atoms with E-state index >= 15 is 0 Å². The number of sulfone groups is 1. The van der Waals surface area contributed by atoms with Crippen LogP contribution in [0.2, 0.25) is 5.02 Å². The summed E-state index contributed by atoms with van der Waals surface area (Å²) in [6, 6.07) is 10.8. The van der Waals surface area contributed by atoms with Gasteiger partial charge >= 0.3 is 6.03 Å². The van der Waals surface area contributed by atoms with Gasteiger partial charge in [0.1, 0.15) is 21.9 Å². The highest BCUT2D eigenvalue weighted by atomic mass is 35.5. The number of nitrogens with zero attached hydrogens (tertiary/aromatic N) is 3. The van der Waals surface area contributed by atoms with E-state index in [-0.39, 0.29) is 42.3 Å². The minimum Gasteiger partial charge on any atom is -0.456 e. The van der Waals surface area contributed by atoms with E-state index in [2.05, 4.69) is 0 Å². The number of likely N-dealkylation sites (N-methyl/N-ethyl adjacent to an activating group) is 1. The molecule has 0 saturated carbocycles. The molecule has 1 atom stereocenters. The first-order valence-corrected chi connectivity index (χ1v) is 13.2. The molecule has 4 amide bonds. The predicted molar refractivity (Wildman–Crippen MR) is 132 cm³/mol. The minimum atomic E-state index is -4.04. The molecule has 0 aromatic heterocycles. The van der Waals surface area contributed by atoms with Gasteiger partial charge in [0.15, 0.2) is 9.84 Å². The first kappa shape index (κ1) is 27.4. The number of hydrogen-bond acceptors (Lipinski definition) is 7. The van der Waals surface area contributed by atoms with E-state index in [0.717, 1.165) is 4.90 Å². The zero-order valence-electron chi connectivity index (χ0n) is 20.1. The lowest BCUT2D eigenvalue weighted by Crippen LogP contribution is -2.41. The Kier molecular flexibility index (Phi) is 8.27. The number of halogens is 1. The zero-order valence-corrected chi connectivity index (χ0v) is 21.7. The number of para-hydroxylation sites is 1. The summed E-state index contributed by atoms with van der Waals surface area (Å²) in [6.45, 7) is 3.28. The number of hydrogen-bond donors (Lipinski definition) is 1. The summed E-state index contributed by atoms with van der Waals surface area (Å²) < 4.78 is 32.4. The number of carbonyl (C=O) groups is 3. The van der Waals surface area contributed by atoms with Gasteiger partial charge in [0.05, 0.1) is 11.8 Å². The van der Waals surface area contributed by atoms with E-state index in [4.69, 9.17) is 16.3 Å². The number of carbonyl (C=O) groups excluding carboxylic acids is 3. The summed E-state index contributed by atoms with van der Waals surface area (Å²) in [5, 5.41) is 10.9. The molecular formula is C24H28ClN3O7S. The van der Waals surface area contributed by atoms with Crippen molar-refractivity contribution < 1.29 is 32.7 Å². The van der Waals surface area contributed by atoms with Crippen molar-refractivity contribution in [2.45, 2.75) is 43.2 Å². The highest BCUT2D eigenvalue weighted by Crippen LogP contribution is 2.31. The third-order valence-electron chi connectivity index (χ3n) is 6.16. The normalized spacial score (nSPS) is 16.2. The number of rotatable bonds is 11. The molecule has 194 valence electrons. The molecule has 1 fully saturated rings. The van der Waals surface area contributed by atoms with Crippen LogP contribution in [0.3, 0.4) is 0 Å². The molecule has 1 saturated heterocycles. The molecule has 12 heteroatoms. The lowest BCUT2D eigenvalue weighted by Gasteiger charge is -2.24. The van der Waals surface area contributed by atoms with Crippen molar-refractivity contribution in [1.29, 1.82) is 0 Å². The van der Waals surface area contributed by atoms with Crippen molar-refractivity contribution in [2.75, 3.05) is 19.3 Å². The third kappa shape index (κ3) is 5.80.